The summed E-state index contributed by atoms with van der Waals surface area (Å²) >= 11 is 0. The molecule has 0 amide bonds. The molecule has 0 bridgehead atoms. The Hall–Kier alpha value is -1.40. The molecular weight excluding hydrogens is 314 g/mol. The molecule has 0 aromatic heterocycles. The van der Waals surface area contributed by atoms with Crippen molar-refractivity contribution in [3.63, 3.8) is 0 Å². The highest BCUT2D eigenvalue weighted by Crippen LogP contribution is 2.04. The van der Waals surface area contributed by atoms with Gasteiger partial charge in [-0.2, -0.15) is 0 Å². The number of benzene rings is 1. The molecule has 6 nitrogen and oxygen atoms in total. The summed E-state index contributed by atoms with van der Waals surface area (Å²) in [4.78, 5) is 0. The van der Waals surface area contributed by atoms with Gasteiger partial charge in [-0.05, 0) is 17.7 Å². The summed E-state index contributed by atoms with van der Waals surface area (Å²) in [6.45, 7) is 0.0232. The van der Waals surface area contributed by atoms with E-state index in [1.807, 2.05) is 0 Å². The van der Waals surface area contributed by atoms with Crippen LogP contribution in [0.1, 0.15) is 17.5 Å². The summed E-state index contributed by atoms with van der Waals surface area (Å²) in [5, 5.41) is 7.68. The molecule has 1 rings (SSSR count). The molecule has 21 heavy (non-hydrogen) atoms. The molecule has 0 aliphatic carbocycles. The first-order valence-electron chi connectivity index (χ1n) is 6.05. The zero-order valence-corrected chi connectivity index (χ0v) is 13.2. The van der Waals surface area contributed by atoms with Gasteiger partial charge in [0.25, 0.3) is 0 Å². The van der Waals surface area contributed by atoms with Crippen molar-refractivity contribution in [2.75, 3.05) is 17.9 Å². The highest BCUT2D eigenvalue weighted by molar-refractivity contribution is 8.06. The minimum Gasteiger partial charge on any atom is -0.395 e. The Morgan fingerprint density at radius 3 is 2.29 bits per heavy atom. The van der Waals surface area contributed by atoms with Gasteiger partial charge < -0.3 is 5.11 Å². The maximum absolute atomic E-state index is 11.5. The van der Waals surface area contributed by atoms with Crippen molar-refractivity contribution in [3.05, 3.63) is 35.4 Å². The molecule has 8 heteroatoms. The van der Waals surface area contributed by atoms with Gasteiger partial charge in [0.15, 0.2) is 14.9 Å². The van der Waals surface area contributed by atoms with Gasteiger partial charge in [-0.15, -0.1) is 0 Å². The van der Waals surface area contributed by atoms with Crippen LogP contribution in [0.4, 0.5) is 0 Å². The van der Waals surface area contributed by atoms with E-state index in [1.165, 1.54) is 0 Å². The fourth-order valence-corrected chi connectivity index (χ4v) is 4.42. The molecule has 0 atom stereocenters. The molecule has 0 heterocycles. The molecule has 0 saturated heterocycles. The number of hydrogen-bond acceptors (Lipinski definition) is 5. The number of sulfone groups is 1. The molecular formula is C13H17NO5S2. The van der Waals surface area contributed by atoms with E-state index in [0.717, 1.165) is 11.8 Å². The van der Waals surface area contributed by atoms with E-state index < -0.39 is 24.9 Å². The summed E-state index contributed by atoms with van der Waals surface area (Å²) in [5.41, 5.74) is 1.45. The third kappa shape index (κ3) is 7.82. The quantitative estimate of drug-likeness (QED) is 0.706. The maximum atomic E-state index is 11.5. The van der Waals surface area contributed by atoms with Gasteiger partial charge in [0.2, 0.25) is 10.0 Å². The predicted octanol–water partition coefficient (Wildman–Crippen LogP) is -0.158. The van der Waals surface area contributed by atoms with Crippen LogP contribution < -0.4 is 4.72 Å². The van der Waals surface area contributed by atoms with Gasteiger partial charge in [0, 0.05) is 24.8 Å². The minimum atomic E-state index is -3.86. The first-order valence-corrected chi connectivity index (χ1v) is 9.77. The zero-order chi connectivity index (χ0) is 15.9. The van der Waals surface area contributed by atoms with Gasteiger partial charge >= 0.3 is 0 Å². The van der Waals surface area contributed by atoms with Crippen LogP contribution in [-0.4, -0.2) is 39.9 Å². The summed E-state index contributed by atoms with van der Waals surface area (Å²) in [6, 6.07) is 6.85. The third-order valence-electron chi connectivity index (χ3n) is 2.29. The van der Waals surface area contributed by atoms with E-state index in [0.29, 0.717) is 12.0 Å². The van der Waals surface area contributed by atoms with Crippen molar-refractivity contribution in [2.45, 2.75) is 13.0 Å². The van der Waals surface area contributed by atoms with E-state index in [2.05, 4.69) is 16.6 Å². The van der Waals surface area contributed by atoms with Crippen LogP contribution in [0, 0.1) is 11.8 Å². The Kier molecular flexibility index (Phi) is 6.36. The SMILES string of the molecule is CS(=O)(=O)CS(=O)(=O)NCc1ccc(C#CCCO)cc1. The van der Waals surface area contributed by atoms with Crippen LogP contribution in [0.25, 0.3) is 0 Å². The Balaban J connectivity index is 2.63. The van der Waals surface area contributed by atoms with Gasteiger partial charge in [-0.3, -0.25) is 0 Å². The monoisotopic (exact) mass is 331 g/mol. The number of sulfonamides is 1. The van der Waals surface area contributed by atoms with Crippen molar-refractivity contribution in [3.8, 4) is 11.8 Å². The highest BCUT2D eigenvalue weighted by Gasteiger charge is 2.17. The largest absolute Gasteiger partial charge is 0.395 e. The molecule has 0 unspecified atom stereocenters. The van der Waals surface area contributed by atoms with E-state index in [9.17, 15) is 16.8 Å². The van der Waals surface area contributed by atoms with E-state index in [-0.39, 0.29) is 13.2 Å². The maximum Gasteiger partial charge on any atom is 0.226 e. The minimum absolute atomic E-state index is 0.00714. The topological polar surface area (TPSA) is 101 Å². The van der Waals surface area contributed by atoms with Crippen molar-refractivity contribution in [1.29, 1.82) is 0 Å². The molecule has 0 aliphatic rings. The van der Waals surface area contributed by atoms with Crippen LogP contribution >= 0.6 is 0 Å². The molecule has 1 aromatic rings. The van der Waals surface area contributed by atoms with Crippen LogP contribution in [0.2, 0.25) is 0 Å². The molecule has 0 saturated carbocycles. The predicted molar refractivity (Wildman–Crippen MR) is 80.5 cm³/mol. The van der Waals surface area contributed by atoms with Crippen molar-refractivity contribution >= 4 is 19.9 Å². The van der Waals surface area contributed by atoms with Gasteiger partial charge in [-0.1, -0.05) is 24.0 Å². The number of aliphatic hydroxyl groups excluding tert-OH is 1. The molecule has 0 aliphatic heterocycles. The standard InChI is InChI=1S/C13H17NO5S2/c1-20(16,17)11-21(18,19)14-10-13-7-5-12(6-8-13)4-2-3-9-15/h5-8,14-15H,3,9-11H2,1H3. The third-order valence-corrected chi connectivity index (χ3v) is 5.83. The number of nitrogens with one attached hydrogen (secondary N) is 1. The fourth-order valence-electron chi connectivity index (χ4n) is 1.44. The Morgan fingerprint density at radius 1 is 1.14 bits per heavy atom. The Bertz CT molecular complexity index is 725. The number of hydrogen-bond donors (Lipinski definition) is 2. The van der Waals surface area contributed by atoms with Crippen molar-refractivity contribution in [2.24, 2.45) is 0 Å². The second-order valence-corrected chi connectivity index (χ2v) is 8.76. The van der Waals surface area contributed by atoms with Crippen molar-refractivity contribution < 1.29 is 21.9 Å². The lowest BCUT2D eigenvalue weighted by Gasteiger charge is -2.05. The molecule has 1 aromatic carbocycles. The van der Waals surface area contributed by atoms with Gasteiger partial charge in [-0.25, -0.2) is 21.6 Å². The molecule has 116 valence electrons. The van der Waals surface area contributed by atoms with Crippen molar-refractivity contribution in [1.82, 2.24) is 4.72 Å². The van der Waals surface area contributed by atoms with E-state index in [4.69, 9.17) is 5.11 Å². The average Bonchev–Trinajstić information content (AvgIpc) is 2.35. The Morgan fingerprint density at radius 2 is 1.76 bits per heavy atom. The first-order chi connectivity index (χ1) is 9.72. The number of aliphatic hydroxyl groups is 1. The van der Waals surface area contributed by atoms with Crippen LogP contribution in [0.15, 0.2) is 24.3 Å². The normalized spacial score (nSPS) is 11.7. The van der Waals surface area contributed by atoms with Crippen LogP contribution in [-0.2, 0) is 26.4 Å². The smallest absolute Gasteiger partial charge is 0.226 e. The summed E-state index contributed by atoms with van der Waals surface area (Å²) in [7, 11) is -7.45. The van der Waals surface area contributed by atoms with E-state index >= 15 is 0 Å². The second-order valence-electron chi connectivity index (χ2n) is 4.45. The second kappa shape index (κ2) is 7.56. The Labute approximate surface area is 125 Å². The molecule has 2 N–H and O–H groups in total. The fraction of sp³-hybridized carbons (Fsp3) is 0.385. The summed E-state index contributed by atoms with van der Waals surface area (Å²) in [5.74, 6) is 5.62. The van der Waals surface area contributed by atoms with Gasteiger partial charge in [0.1, 0.15) is 0 Å². The van der Waals surface area contributed by atoms with Gasteiger partial charge in [0.05, 0.1) is 6.61 Å². The highest BCUT2D eigenvalue weighted by atomic mass is 32.3. The van der Waals surface area contributed by atoms with Crippen LogP contribution in [0.5, 0.6) is 0 Å². The summed E-state index contributed by atoms with van der Waals surface area (Å²) in [6.07, 6.45) is 1.26. The lowest BCUT2D eigenvalue weighted by atomic mass is 10.1. The zero-order valence-electron chi connectivity index (χ0n) is 11.5. The number of rotatable bonds is 6. The van der Waals surface area contributed by atoms with E-state index in [1.54, 1.807) is 24.3 Å². The lowest BCUT2D eigenvalue weighted by Crippen LogP contribution is -2.29. The first kappa shape index (κ1) is 17.7. The lowest BCUT2D eigenvalue weighted by molar-refractivity contribution is 0.305. The van der Waals surface area contributed by atoms with Crippen LogP contribution in [0.3, 0.4) is 0 Å². The molecule has 0 spiro atoms. The average molecular weight is 331 g/mol. The summed E-state index contributed by atoms with van der Waals surface area (Å²) < 4.78 is 47.2. The molecule has 0 radical (unpaired) electrons. The molecule has 0 fully saturated rings.